The third-order valence-corrected chi connectivity index (χ3v) is 4.01. The maximum Gasteiger partial charge on any atom is 0.359 e. The number of esters is 1. The van der Waals surface area contributed by atoms with E-state index in [1.54, 1.807) is 24.3 Å². The molecular formula is C19H18N2O3. The van der Waals surface area contributed by atoms with Gasteiger partial charge in [0.2, 0.25) is 0 Å². The van der Waals surface area contributed by atoms with Crippen molar-refractivity contribution in [3.63, 3.8) is 0 Å². The lowest BCUT2D eigenvalue weighted by molar-refractivity contribution is 0.0465. The molecule has 3 aromatic rings. The Morgan fingerprint density at radius 3 is 2.58 bits per heavy atom. The second-order valence-electron chi connectivity index (χ2n) is 5.83. The van der Waals surface area contributed by atoms with Crippen molar-refractivity contribution in [1.29, 1.82) is 0 Å². The van der Waals surface area contributed by atoms with E-state index in [0.29, 0.717) is 10.8 Å². The van der Waals surface area contributed by atoms with E-state index in [-0.39, 0.29) is 17.9 Å². The highest BCUT2D eigenvalue weighted by Crippen LogP contribution is 2.16. The highest BCUT2D eigenvalue weighted by Gasteiger charge is 2.17. The van der Waals surface area contributed by atoms with Gasteiger partial charge >= 0.3 is 5.97 Å². The summed E-state index contributed by atoms with van der Waals surface area (Å²) in [6.07, 6.45) is 0. The largest absolute Gasteiger partial charge is 0.456 e. The maximum absolute atomic E-state index is 12.5. The van der Waals surface area contributed by atoms with Gasteiger partial charge < -0.3 is 4.74 Å². The Hall–Kier alpha value is -2.95. The molecule has 5 nitrogen and oxygen atoms in total. The van der Waals surface area contributed by atoms with Crippen molar-refractivity contribution in [2.75, 3.05) is 0 Å². The summed E-state index contributed by atoms with van der Waals surface area (Å²) in [5.41, 5.74) is 3.04. The summed E-state index contributed by atoms with van der Waals surface area (Å²) in [6.45, 7) is 4.14. The van der Waals surface area contributed by atoms with Gasteiger partial charge in [-0.25, -0.2) is 9.48 Å². The van der Waals surface area contributed by atoms with Crippen LogP contribution in [0.3, 0.4) is 0 Å². The fraction of sp³-hybridized carbons (Fsp3) is 0.211. The minimum absolute atomic E-state index is 0.151. The first-order chi connectivity index (χ1) is 11.5. The Morgan fingerprint density at radius 1 is 1.12 bits per heavy atom. The summed E-state index contributed by atoms with van der Waals surface area (Å²) >= 11 is 0. The molecule has 1 heterocycles. The first-order valence-corrected chi connectivity index (χ1v) is 7.66. The zero-order chi connectivity index (χ0) is 17.3. The van der Waals surface area contributed by atoms with Gasteiger partial charge in [0.1, 0.15) is 6.61 Å². The van der Waals surface area contributed by atoms with Gasteiger partial charge in [-0.2, -0.15) is 5.10 Å². The Labute approximate surface area is 139 Å². The molecular weight excluding hydrogens is 304 g/mol. The average molecular weight is 322 g/mol. The molecule has 0 spiro atoms. The standard InChI is InChI=1S/C19H18N2O3/c1-12-8-9-13(2)14(10-12)11-24-19(23)17-15-6-4-5-7-16(15)18(22)21(3)20-17/h4-10H,11H2,1-3H3. The van der Waals surface area contributed by atoms with Gasteiger partial charge in [0.05, 0.1) is 5.39 Å². The number of aryl methyl sites for hydroxylation is 3. The van der Waals surface area contributed by atoms with Crippen LogP contribution in [0.5, 0.6) is 0 Å². The third kappa shape index (κ3) is 2.93. The molecule has 0 amide bonds. The number of fused-ring (bicyclic) bond motifs is 1. The molecule has 2 aromatic carbocycles. The summed E-state index contributed by atoms with van der Waals surface area (Å²) in [6, 6.07) is 12.9. The Bertz CT molecular complexity index is 990. The van der Waals surface area contributed by atoms with Crippen LogP contribution in [0.4, 0.5) is 0 Å². The molecule has 0 unspecified atom stereocenters. The number of hydrogen-bond acceptors (Lipinski definition) is 4. The van der Waals surface area contributed by atoms with E-state index in [1.807, 2.05) is 32.0 Å². The fourth-order valence-corrected chi connectivity index (χ4v) is 2.62. The zero-order valence-corrected chi connectivity index (χ0v) is 13.9. The molecule has 0 atom stereocenters. The summed E-state index contributed by atoms with van der Waals surface area (Å²) in [7, 11) is 1.52. The van der Waals surface area contributed by atoms with Crippen molar-refractivity contribution in [2.24, 2.45) is 7.05 Å². The molecule has 1 aromatic heterocycles. The molecule has 122 valence electrons. The van der Waals surface area contributed by atoms with Crippen molar-refractivity contribution in [1.82, 2.24) is 9.78 Å². The van der Waals surface area contributed by atoms with Gasteiger partial charge in [0.15, 0.2) is 5.69 Å². The van der Waals surface area contributed by atoms with E-state index in [4.69, 9.17) is 4.74 Å². The lowest BCUT2D eigenvalue weighted by atomic mass is 10.1. The molecule has 24 heavy (non-hydrogen) atoms. The third-order valence-electron chi connectivity index (χ3n) is 4.01. The van der Waals surface area contributed by atoms with Gasteiger partial charge in [0, 0.05) is 12.4 Å². The average Bonchev–Trinajstić information content (AvgIpc) is 2.58. The van der Waals surface area contributed by atoms with Crippen LogP contribution in [-0.2, 0) is 18.4 Å². The molecule has 0 N–H and O–H groups in total. The highest BCUT2D eigenvalue weighted by molar-refractivity contribution is 6.02. The van der Waals surface area contributed by atoms with Crippen molar-refractivity contribution >= 4 is 16.7 Å². The summed E-state index contributed by atoms with van der Waals surface area (Å²) in [5, 5.41) is 5.04. The topological polar surface area (TPSA) is 61.2 Å². The Morgan fingerprint density at radius 2 is 1.83 bits per heavy atom. The molecule has 0 bridgehead atoms. The number of rotatable bonds is 3. The SMILES string of the molecule is Cc1ccc(C)c(COC(=O)c2nn(C)c(=O)c3ccccc23)c1. The summed E-state index contributed by atoms with van der Waals surface area (Å²) < 4.78 is 6.60. The summed E-state index contributed by atoms with van der Waals surface area (Å²) in [5.74, 6) is -0.539. The van der Waals surface area contributed by atoms with Crippen LogP contribution in [0.25, 0.3) is 10.8 Å². The van der Waals surface area contributed by atoms with E-state index >= 15 is 0 Å². The number of benzene rings is 2. The van der Waals surface area contributed by atoms with Crippen LogP contribution >= 0.6 is 0 Å². The van der Waals surface area contributed by atoms with Gasteiger partial charge in [-0.15, -0.1) is 0 Å². The van der Waals surface area contributed by atoms with Crippen LogP contribution in [0, 0.1) is 13.8 Å². The smallest absolute Gasteiger partial charge is 0.359 e. The molecule has 0 fully saturated rings. The second-order valence-corrected chi connectivity index (χ2v) is 5.83. The van der Waals surface area contributed by atoms with Crippen molar-refractivity contribution in [3.05, 3.63) is 75.2 Å². The molecule has 5 heteroatoms. The van der Waals surface area contributed by atoms with E-state index in [0.717, 1.165) is 21.4 Å². The van der Waals surface area contributed by atoms with E-state index in [1.165, 1.54) is 7.05 Å². The lowest BCUT2D eigenvalue weighted by Gasteiger charge is -2.10. The van der Waals surface area contributed by atoms with Crippen LogP contribution in [-0.4, -0.2) is 15.7 Å². The predicted octanol–water partition coefficient (Wildman–Crippen LogP) is 2.91. The van der Waals surface area contributed by atoms with Gasteiger partial charge in [-0.3, -0.25) is 4.79 Å². The summed E-state index contributed by atoms with van der Waals surface area (Å²) in [4.78, 5) is 24.6. The minimum atomic E-state index is -0.539. The van der Waals surface area contributed by atoms with E-state index in [9.17, 15) is 9.59 Å². The van der Waals surface area contributed by atoms with Gasteiger partial charge in [-0.1, -0.05) is 42.0 Å². The van der Waals surface area contributed by atoms with Crippen LogP contribution in [0.15, 0.2) is 47.3 Å². The molecule has 3 rings (SSSR count). The molecule has 0 aliphatic rings. The second kappa shape index (κ2) is 6.28. The number of hydrogen-bond donors (Lipinski definition) is 0. The van der Waals surface area contributed by atoms with Gasteiger partial charge in [0.25, 0.3) is 5.56 Å². The molecule has 0 aliphatic heterocycles. The maximum atomic E-state index is 12.5. The Kier molecular flexibility index (Phi) is 4.16. The molecule has 0 saturated heterocycles. The van der Waals surface area contributed by atoms with Crippen molar-refractivity contribution in [2.45, 2.75) is 20.5 Å². The normalized spacial score (nSPS) is 10.8. The fourth-order valence-electron chi connectivity index (χ4n) is 2.62. The zero-order valence-electron chi connectivity index (χ0n) is 13.9. The van der Waals surface area contributed by atoms with Crippen molar-refractivity contribution < 1.29 is 9.53 Å². The predicted molar refractivity (Wildman–Crippen MR) is 92.0 cm³/mol. The highest BCUT2D eigenvalue weighted by atomic mass is 16.5. The number of nitrogens with zero attached hydrogens (tertiary/aromatic N) is 2. The number of carbonyl (C=O) groups excluding carboxylic acids is 1. The van der Waals surface area contributed by atoms with Crippen molar-refractivity contribution in [3.8, 4) is 0 Å². The van der Waals surface area contributed by atoms with Crippen LogP contribution in [0.2, 0.25) is 0 Å². The minimum Gasteiger partial charge on any atom is -0.456 e. The first-order valence-electron chi connectivity index (χ1n) is 7.66. The first kappa shape index (κ1) is 15.9. The lowest BCUT2D eigenvalue weighted by Crippen LogP contribution is -2.23. The number of aromatic nitrogens is 2. The molecule has 0 aliphatic carbocycles. The molecule has 0 radical (unpaired) electrons. The quantitative estimate of drug-likeness (QED) is 0.696. The van der Waals surface area contributed by atoms with E-state index < -0.39 is 5.97 Å². The van der Waals surface area contributed by atoms with E-state index in [2.05, 4.69) is 5.10 Å². The van der Waals surface area contributed by atoms with Crippen LogP contribution in [0.1, 0.15) is 27.2 Å². The molecule has 0 saturated carbocycles. The monoisotopic (exact) mass is 322 g/mol. The van der Waals surface area contributed by atoms with Crippen LogP contribution < -0.4 is 5.56 Å². The Balaban J connectivity index is 1.93. The number of carbonyl (C=O) groups is 1. The van der Waals surface area contributed by atoms with Gasteiger partial charge in [-0.05, 0) is 31.0 Å². The number of ether oxygens (including phenoxy) is 1.